The summed E-state index contributed by atoms with van der Waals surface area (Å²) in [5, 5.41) is 13.0. The van der Waals surface area contributed by atoms with Crippen LogP contribution in [0, 0.1) is 17.8 Å². The molecule has 3 saturated carbocycles. The molecule has 2 N–H and O–H groups in total. The summed E-state index contributed by atoms with van der Waals surface area (Å²) in [6.45, 7) is 0. The van der Waals surface area contributed by atoms with Crippen molar-refractivity contribution in [2.45, 2.75) is 63.5 Å². The highest BCUT2D eigenvalue weighted by Crippen LogP contribution is 2.55. The van der Waals surface area contributed by atoms with E-state index in [0.29, 0.717) is 11.8 Å². The number of aliphatic hydroxyl groups is 1. The quantitative estimate of drug-likeness (QED) is 0.770. The molecule has 0 radical (unpaired) electrons. The topological polar surface area (TPSA) is 49.3 Å². The van der Waals surface area contributed by atoms with Crippen molar-refractivity contribution in [1.29, 1.82) is 0 Å². The lowest BCUT2D eigenvalue weighted by Crippen LogP contribution is -2.45. The van der Waals surface area contributed by atoms with Crippen molar-refractivity contribution in [3.8, 4) is 0 Å². The Labute approximate surface area is 103 Å². The molecular weight excluding hydrogens is 214 g/mol. The predicted octanol–water partition coefficient (Wildman–Crippen LogP) is 1.84. The summed E-state index contributed by atoms with van der Waals surface area (Å²) in [7, 11) is 0. The number of fused-ring (bicyclic) bond motifs is 1. The molecule has 0 aliphatic heterocycles. The zero-order chi connectivity index (χ0) is 11.8. The van der Waals surface area contributed by atoms with Gasteiger partial charge in [0.15, 0.2) is 0 Å². The van der Waals surface area contributed by atoms with Crippen LogP contribution in [-0.2, 0) is 4.79 Å². The maximum absolute atomic E-state index is 12.2. The number of hydrogen-bond acceptors (Lipinski definition) is 2. The minimum Gasteiger partial charge on any atom is -0.391 e. The first-order valence-corrected chi connectivity index (χ1v) is 7.26. The first-order chi connectivity index (χ1) is 8.27. The van der Waals surface area contributed by atoms with Crippen LogP contribution in [0.3, 0.4) is 0 Å². The summed E-state index contributed by atoms with van der Waals surface area (Å²) in [4.78, 5) is 12.2. The number of aliphatic hydroxyl groups excluding tert-OH is 1. The van der Waals surface area contributed by atoms with Crippen molar-refractivity contribution >= 4 is 5.91 Å². The number of hydrogen-bond donors (Lipinski definition) is 2. The normalized spacial score (nSPS) is 44.9. The Kier molecular flexibility index (Phi) is 3.12. The Morgan fingerprint density at radius 3 is 2.18 bits per heavy atom. The second kappa shape index (κ2) is 4.60. The summed E-state index contributed by atoms with van der Waals surface area (Å²) in [6, 6.07) is 0.0268. The minimum atomic E-state index is -0.312. The highest BCUT2D eigenvalue weighted by Gasteiger charge is 2.54. The molecular formula is C14H23NO2. The van der Waals surface area contributed by atoms with E-state index in [-0.39, 0.29) is 24.0 Å². The van der Waals surface area contributed by atoms with E-state index in [0.717, 1.165) is 25.7 Å². The Morgan fingerprint density at radius 1 is 0.941 bits per heavy atom. The summed E-state index contributed by atoms with van der Waals surface area (Å²) < 4.78 is 0. The van der Waals surface area contributed by atoms with Gasteiger partial charge < -0.3 is 10.4 Å². The van der Waals surface area contributed by atoms with Crippen LogP contribution in [0.25, 0.3) is 0 Å². The van der Waals surface area contributed by atoms with Crippen molar-refractivity contribution in [3.05, 3.63) is 0 Å². The summed E-state index contributed by atoms with van der Waals surface area (Å²) in [6.07, 6.45) is 8.83. The molecule has 0 bridgehead atoms. The van der Waals surface area contributed by atoms with E-state index in [4.69, 9.17) is 0 Å². The molecule has 3 aliphatic carbocycles. The lowest BCUT2D eigenvalue weighted by molar-refractivity contribution is -0.124. The zero-order valence-corrected chi connectivity index (χ0v) is 10.4. The van der Waals surface area contributed by atoms with Gasteiger partial charge in [-0.3, -0.25) is 4.79 Å². The summed E-state index contributed by atoms with van der Waals surface area (Å²) in [5.41, 5.74) is 0. The Hall–Kier alpha value is -0.570. The molecule has 1 amide bonds. The number of amides is 1. The van der Waals surface area contributed by atoms with Gasteiger partial charge in [-0.25, -0.2) is 0 Å². The van der Waals surface area contributed by atoms with Crippen LogP contribution < -0.4 is 5.32 Å². The molecule has 0 heterocycles. The van der Waals surface area contributed by atoms with Crippen LogP contribution in [0.5, 0.6) is 0 Å². The molecule has 0 aromatic carbocycles. The van der Waals surface area contributed by atoms with Crippen molar-refractivity contribution in [2.24, 2.45) is 17.8 Å². The molecule has 3 heteroatoms. The lowest BCUT2D eigenvalue weighted by Gasteiger charge is -2.28. The van der Waals surface area contributed by atoms with E-state index >= 15 is 0 Å². The van der Waals surface area contributed by atoms with Crippen molar-refractivity contribution < 1.29 is 9.90 Å². The van der Waals surface area contributed by atoms with Gasteiger partial charge in [0.05, 0.1) is 12.1 Å². The lowest BCUT2D eigenvalue weighted by atomic mass is 9.92. The third-order valence-corrected chi connectivity index (χ3v) is 5.02. The van der Waals surface area contributed by atoms with Crippen molar-refractivity contribution in [1.82, 2.24) is 5.32 Å². The van der Waals surface area contributed by atoms with Crippen LogP contribution in [0.15, 0.2) is 0 Å². The first kappa shape index (κ1) is 11.5. The zero-order valence-electron chi connectivity index (χ0n) is 10.4. The molecule has 4 atom stereocenters. The van der Waals surface area contributed by atoms with E-state index in [1.54, 1.807) is 0 Å². The Bertz CT molecular complexity index is 293. The molecule has 2 unspecified atom stereocenters. The fourth-order valence-electron chi connectivity index (χ4n) is 3.94. The molecule has 3 fully saturated rings. The van der Waals surface area contributed by atoms with Gasteiger partial charge in [0.2, 0.25) is 5.91 Å². The SMILES string of the molecule is O=C(N[C@@H]1CCCC[C@H]1O)C1C2CCCCC21. The second-order valence-electron chi connectivity index (χ2n) is 6.10. The maximum Gasteiger partial charge on any atom is 0.223 e. The van der Waals surface area contributed by atoms with Crippen LogP contribution in [-0.4, -0.2) is 23.2 Å². The van der Waals surface area contributed by atoms with Crippen LogP contribution >= 0.6 is 0 Å². The standard InChI is InChI=1S/C14H23NO2/c16-12-8-4-3-7-11(12)15-14(17)13-9-5-1-2-6-10(9)13/h9-13,16H,1-8H2,(H,15,17)/t9?,10?,11-,12-,13?/m1/s1. The molecule has 0 aromatic rings. The summed E-state index contributed by atoms with van der Waals surface area (Å²) >= 11 is 0. The molecule has 0 saturated heterocycles. The highest BCUT2D eigenvalue weighted by molar-refractivity contribution is 5.82. The average Bonchev–Trinajstić information content (AvgIpc) is 3.06. The minimum absolute atomic E-state index is 0.0268. The summed E-state index contributed by atoms with van der Waals surface area (Å²) in [5.74, 6) is 1.86. The molecule has 0 spiro atoms. The number of carbonyl (C=O) groups excluding carboxylic acids is 1. The van der Waals surface area contributed by atoms with Crippen molar-refractivity contribution in [3.63, 3.8) is 0 Å². The fourth-order valence-corrected chi connectivity index (χ4v) is 3.94. The van der Waals surface area contributed by atoms with Gasteiger partial charge in [-0.2, -0.15) is 0 Å². The number of rotatable bonds is 2. The monoisotopic (exact) mass is 237 g/mol. The van der Waals surface area contributed by atoms with E-state index in [1.807, 2.05) is 0 Å². The third-order valence-electron chi connectivity index (χ3n) is 5.02. The van der Waals surface area contributed by atoms with Crippen molar-refractivity contribution in [2.75, 3.05) is 0 Å². The first-order valence-electron chi connectivity index (χ1n) is 7.26. The molecule has 3 aliphatic rings. The van der Waals surface area contributed by atoms with E-state index < -0.39 is 0 Å². The predicted molar refractivity (Wildman–Crippen MR) is 65.3 cm³/mol. The number of nitrogens with one attached hydrogen (secondary N) is 1. The van der Waals surface area contributed by atoms with Crippen LogP contribution in [0.4, 0.5) is 0 Å². The van der Waals surface area contributed by atoms with Crippen LogP contribution in [0.1, 0.15) is 51.4 Å². The second-order valence-corrected chi connectivity index (χ2v) is 6.10. The van der Waals surface area contributed by atoms with Gasteiger partial charge in [-0.05, 0) is 37.5 Å². The fraction of sp³-hybridized carbons (Fsp3) is 0.929. The highest BCUT2D eigenvalue weighted by atomic mass is 16.3. The van der Waals surface area contributed by atoms with Gasteiger partial charge in [0.25, 0.3) is 0 Å². The third kappa shape index (κ3) is 2.22. The molecule has 0 aromatic heterocycles. The smallest absolute Gasteiger partial charge is 0.223 e. The van der Waals surface area contributed by atoms with Crippen LogP contribution in [0.2, 0.25) is 0 Å². The van der Waals surface area contributed by atoms with E-state index in [9.17, 15) is 9.90 Å². The van der Waals surface area contributed by atoms with Gasteiger partial charge in [0, 0.05) is 5.92 Å². The van der Waals surface area contributed by atoms with Gasteiger partial charge in [-0.1, -0.05) is 25.7 Å². The largest absolute Gasteiger partial charge is 0.391 e. The molecule has 3 rings (SSSR count). The molecule has 96 valence electrons. The Balaban J connectivity index is 1.53. The Morgan fingerprint density at radius 2 is 1.53 bits per heavy atom. The van der Waals surface area contributed by atoms with Gasteiger partial charge >= 0.3 is 0 Å². The van der Waals surface area contributed by atoms with E-state index in [2.05, 4.69) is 5.32 Å². The van der Waals surface area contributed by atoms with Gasteiger partial charge in [-0.15, -0.1) is 0 Å². The molecule has 17 heavy (non-hydrogen) atoms. The number of carbonyl (C=O) groups is 1. The average molecular weight is 237 g/mol. The maximum atomic E-state index is 12.2. The molecule has 3 nitrogen and oxygen atoms in total. The van der Waals surface area contributed by atoms with Gasteiger partial charge in [0.1, 0.15) is 0 Å². The van der Waals surface area contributed by atoms with E-state index in [1.165, 1.54) is 25.7 Å².